The summed E-state index contributed by atoms with van der Waals surface area (Å²) in [6.45, 7) is 2.30. The molecule has 1 N–H and O–H groups in total. The van der Waals surface area contributed by atoms with Crippen LogP contribution in [-0.4, -0.2) is 6.61 Å². The third kappa shape index (κ3) is 3.45. The van der Waals surface area contributed by atoms with Crippen LogP contribution in [0.2, 0.25) is 0 Å². The SMILES string of the molecule is CCOc1cccc(CNc2c(F)c(F)cc(F)c2F)c1. The van der Waals surface area contributed by atoms with E-state index in [1.807, 2.05) is 6.92 Å². The summed E-state index contributed by atoms with van der Waals surface area (Å²) in [5.41, 5.74) is -0.168. The molecule has 0 saturated carbocycles. The lowest BCUT2D eigenvalue weighted by molar-refractivity contribution is 0.340. The molecule has 0 bridgehead atoms. The minimum atomic E-state index is -1.45. The molecular formula is C15H13F4NO. The normalized spacial score (nSPS) is 10.5. The highest BCUT2D eigenvalue weighted by Crippen LogP contribution is 2.25. The summed E-state index contributed by atoms with van der Waals surface area (Å²) < 4.78 is 58.4. The van der Waals surface area contributed by atoms with Crippen LogP contribution in [-0.2, 0) is 6.54 Å². The number of rotatable bonds is 5. The van der Waals surface area contributed by atoms with Crippen LogP contribution in [0.15, 0.2) is 30.3 Å². The molecular weight excluding hydrogens is 286 g/mol. The van der Waals surface area contributed by atoms with Crippen molar-refractivity contribution in [2.24, 2.45) is 0 Å². The average molecular weight is 299 g/mol. The molecule has 0 atom stereocenters. The Bertz CT molecular complexity index is 620. The fraction of sp³-hybridized carbons (Fsp3) is 0.200. The quantitative estimate of drug-likeness (QED) is 0.658. The Labute approximate surface area is 119 Å². The van der Waals surface area contributed by atoms with Gasteiger partial charge in [-0.3, -0.25) is 0 Å². The smallest absolute Gasteiger partial charge is 0.185 e. The van der Waals surface area contributed by atoms with E-state index in [4.69, 9.17) is 4.74 Å². The third-order valence-electron chi connectivity index (χ3n) is 2.79. The van der Waals surface area contributed by atoms with Gasteiger partial charge in [-0.2, -0.15) is 0 Å². The molecule has 0 aromatic heterocycles. The summed E-state index contributed by atoms with van der Waals surface area (Å²) >= 11 is 0. The Balaban J connectivity index is 2.18. The van der Waals surface area contributed by atoms with Crippen molar-refractivity contribution in [2.45, 2.75) is 13.5 Å². The van der Waals surface area contributed by atoms with Gasteiger partial charge in [0.2, 0.25) is 0 Å². The van der Waals surface area contributed by atoms with E-state index in [9.17, 15) is 17.6 Å². The molecule has 0 amide bonds. The van der Waals surface area contributed by atoms with Gasteiger partial charge in [0.05, 0.1) is 6.61 Å². The number of benzene rings is 2. The molecule has 0 aliphatic rings. The molecule has 2 aromatic carbocycles. The van der Waals surface area contributed by atoms with Crippen molar-refractivity contribution in [1.29, 1.82) is 0 Å². The number of anilines is 1. The molecule has 112 valence electrons. The third-order valence-corrected chi connectivity index (χ3v) is 2.79. The van der Waals surface area contributed by atoms with Crippen molar-refractivity contribution in [3.63, 3.8) is 0 Å². The van der Waals surface area contributed by atoms with E-state index < -0.39 is 29.0 Å². The van der Waals surface area contributed by atoms with E-state index >= 15 is 0 Å². The molecule has 0 fully saturated rings. The highest BCUT2D eigenvalue weighted by atomic mass is 19.2. The van der Waals surface area contributed by atoms with Gasteiger partial charge in [0.1, 0.15) is 11.4 Å². The predicted octanol–water partition coefficient (Wildman–Crippen LogP) is 4.25. The summed E-state index contributed by atoms with van der Waals surface area (Å²) in [5, 5.41) is 2.36. The van der Waals surface area contributed by atoms with E-state index in [-0.39, 0.29) is 12.6 Å². The van der Waals surface area contributed by atoms with E-state index in [0.29, 0.717) is 17.9 Å². The van der Waals surface area contributed by atoms with Gasteiger partial charge >= 0.3 is 0 Å². The van der Waals surface area contributed by atoms with Crippen molar-refractivity contribution in [3.8, 4) is 5.75 Å². The van der Waals surface area contributed by atoms with Crippen molar-refractivity contribution >= 4 is 5.69 Å². The number of hydrogen-bond acceptors (Lipinski definition) is 2. The maximum absolute atomic E-state index is 13.5. The lowest BCUT2D eigenvalue weighted by Crippen LogP contribution is -2.07. The standard InChI is InChI=1S/C15H13F4NO/c1-2-21-10-5-3-4-9(6-10)8-20-15-13(18)11(16)7-12(17)14(15)19/h3-7,20H,2,8H2,1H3. The minimum Gasteiger partial charge on any atom is -0.494 e. The Morgan fingerprint density at radius 2 is 1.67 bits per heavy atom. The highest BCUT2D eigenvalue weighted by Gasteiger charge is 2.18. The predicted molar refractivity (Wildman–Crippen MR) is 71.2 cm³/mol. The summed E-state index contributed by atoms with van der Waals surface area (Å²) in [5.74, 6) is -5.19. The summed E-state index contributed by atoms with van der Waals surface area (Å²) in [6.07, 6.45) is 0. The van der Waals surface area contributed by atoms with Crippen LogP contribution in [0.3, 0.4) is 0 Å². The number of ether oxygens (including phenoxy) is 1. The first-order valence-corrected chi connectivity index (χ1v) is 6.31. The van der Waals surface area contributed by atoms with Gasteiger partial charge in [-0.1, -0.05) is 12.1 Å². The first kappa shape index (κ1) is 15.2. The van der Waals surface area contributed by atoms with Gasteiger partial charge in [0.25, 0.3) is 0 Å². The lowest BCUT2D eigenvalue weighted by atomic mass is 10.2. The van der Waals surface area contributed by atoms with Gasteiger partial charge < -0.3 is 10.1 Å². The second-order valence-corrected chi connectivity index (χ2v) is 4.28. The Hall–Kier alpha value is -2.24. The Kier molecular flexibility index (Phi) is 4.67. The van der Waals surface area contributed by atoms with Gasteiger partial charge in [-0.05, 0) is 24.6 Å². The van der Waals surface area contributed by atoms with E-state index in [1.54, 1.807) is 24.3 Å². The number of hydrogen-bond donors (Lipinski definition) is 1. The molecule has 21 heavy (non-hydrogen) atoms. The molecule has 2 rings (SSSR count). The molecule has 0 heterocycles. The van der Waals surface area contributed by atoms with E-state index in [0.717, 1.165) is 0 Å². The topological polar surface area (TPSA) is 21.3 Å². The molecule has 0 aliphatic heterocycles. The van der Waals surface area contributed by atoms with Crippen LogP contribution < -0.4 is 10.1 Å². The molecule has 0 aliphatic carbocycles. The second kappa shape index (κ2) is 6.47. The molecule has 0 radical (unpaired) electrons. The first-order valence-electron chi connectivity index (χ1n) is 6.31. The van der Waals surface area contributed by atoms with Crippen molar-refractivity contribution in [3.05, 3.63) is 59.2 Å². The molecule has 6 heteroatoms. The van der Waals surface area contributed by atoms with E-state index in [2.05, 4.69) is 5.32 Å². The fourth-order valence-corrected chi connectivity index (χ4v) is 1.83. The minimum absolute atomic E-state index is 0.00233. The summed E-state index contributed by atoms with van der Waals surface area (Å²) in [4.78, 5) is 0. The van der Waals surface area contributed by atoms with Crippen molar-refractivity contribution in [2.75, 3.05) is 11.9 Å². The monoisotopic (exact) mass is 299 g/mol. The fourth-order valence-electron chi connectivity index (χ4n) is 1.83. The number of halogens is 4. The number of nitrogens with one attached hydrogen (secondary N) is 1. The second-order valence-electron chi connectivity index (χ2n) is 4.28. The van der Waals surface area contributed by atoms with Crippen LogP contribution in [0.25, 0.3) is 0 Å². The van der Waals surface area contributed by atoms with Crippen LogP contribution >= 0.6 is 0 Å². The first-order chi connectivity index (χ1) is 10.0. The molecule has 0 saturated heterocycles. The van der Waals surface area contributed by atoms with Crippen molar-refractivity contribution < 1.29 is 22.3 Å². The van der Waals surface area contributed by atoms with Gasteiger partial charge in [0.15, 0.2) is 23.3 Å². The maximum Gasteiger partial charge on any atom is 0.185 e. The average Bonchev–Trinajstić information content (AvgIpc) is 2.46. The summed E-state index contributed by atoms with van der Waals surface area (Å²) in [6, 6.07) is 6.98. The van der Waals surface area contributed by atoms with Crippen LogP contribution in [0, 0.1) is 23.3 Å². The molecule has 2 aromatic rings. The van der Waals surface area contributed by atoms with Gasteiger partial charge in [-0.25, -0.2) is 17.6 Å². The van der Waals surface area contributed by atoms with E-state index in [1.165, 1.54) is 0 Å². The largest absolute Gasteiger partial charge is 0.494 e. The van der Waals surface area contributed by atoms with Crippen LogP contribution in [0.5, 0.6) is 5.75 Å². The zero-order valence-electron chi connectivity index (χ0n) is 11.2. The molecule has 0 spiro atoms. The zero-order chi connectivity index (χ0) is 15.4. The Morgan fingerprint density at radius 1 is 1.00 bits per heavy atom. The van der Waals surface area contributed by atoms with Crippen LogP contribution in [0.1, 0.15) is 12.5 Å². The van der Waals surface area contributed by atoms with Gasteiger partial charge in [0, 0.05) is 12.6 Å². The molecule has 0 unspecified atom stereocenters. The van der Waals surface area contributed by atoms with Gasteiger partial charge in [-0.15, -0.1) is 0 Å². The molecule has 2 nitrogen and oxygen atoms in total. The zero-order valence-corrected chi connectivity index (χ0v) is 11.2. The Morgan fingerprint density at radius 3 is 2.29 bits per heavy atom. The van der Waals surface area contributed by atoms with Crippen molar-refractivity contribution in [1.82, 2.24) is 0 Å². The van der Waals surface area contributed by atoms with Crippen LogP contribution in [0.4, 0.5) is 23.2 Å². The summed E-state index contributed by atoms with van der Waals surface area (Å²) in [7, 11) is 0. The maximum atomic E-state index is 13.5. The lowest BCUT2D eigenvalue weighted by Gasteiger charge is -2.11. The highest BCUT2D eigenvalue weighted by molar-refractivity contribution is 5.48.